The summed E-state index contributed by atoms with van der Waals surface area (Å²) in [5.74, 6) is 1.03. The van der Waals surface area contributed by atoms with E-state index in [4.69, 9.17) is 9.32 Å². The van der Waals surface area contributed by atoms with Crippen molar-refractivity contribution in [3.63, 3.8) is 0 Å². The predicted octanol–water partition coefficient (Wildman–Crippen LogP) is 7.41. The van der Waals surface area contributed by atoms with Gasteiger partial charge in [0.25, 0.3) is 0 Å². The molecule has 0 radical (unpaired) electrons. The monoisotopic (exact) mass is 593 g/mol. The molecule has 0 aliphatic heterocycles. The normalized spacial score (nSPS) is 12.8. The van der Waals surface area contributed by atoms with Gasteiger partial charge in [0.05, 0.1) is 11.5 Å². The van der Waals surface area contributed by atoms with Crippen molar-refractivity contribution in [2.45, 2.75) is 97.3 Å². The first kappa shape index (κ1) is 33.8. The van der Waals surface area contributed by atoms with Crippen molar-refractivity contribution < 1.29 is 26.1 Å². The molecule has 224 valence electrons. The topological polar surface area (TPSA) is 124 Å². The fourth-order valence-electron chi connectivity index (χ4n) is 4.96. The van der Waals surface area contributed by atoms with Crippen LogP contribution in [-0.2, 0) is 20.1 Å². The van der Waals surface area contributed by atoms with Crippen molar-refractivity contribution in [3.05, 3.63) is 59.7 Å². The minimum absolute atomic E-state index is 0.162. The molecule has 0 aliphatic rings. The van der Waals surface area contributed by atoms with Crippen LogP contribution < -0.4 is 9.32 Å². The van der Waals surface area contributed by atoms with E-state index in [0.29, 0.717) is 11.5 Å². The van der Waals surface area contributed by atoms with Gasteiger partial charge in [-0.15, -0.1) is 0 Å². The van der Waals surface area contributed by atoms with Gasteiger partial charge in [-0.05, 0) is 78.6 Å². The largest absolute Gasteiger partial charge is 0.508 e. The van der Waals surface area contributed by atoms with Crippen LogP contribution in [-0.4, -0.2) is 33.4 Å². The smallest absolute Gasteiger partial charge is 0.380 e. The molecule has 0 unspecified atom stereocenters. The lowest BCUT2D eigenvalue weighted by molar-refractivity contribution is 0.475. The number of benzene rings is 2. The van der Waals surface area contributed by atoms with E-state index in [0.717, 1.165) is 106 Å². The highest BCUT2D eigenvalue weighted by molar-refractivity contribution is 7.91. The Balaban J connectivity index is 1.90. The molecule has 3 N–H and O–H groups in total. The first-order valence-corrected chi connectivity index (χ1v) is 17.9. The Hall–Kier alpha value is -2.36. The van der Waals surface area contributed by atoms with Gasteiger partial charge < -0.3 is 9.29 Å². The van der Waals surface area contributed by atoms with Gasteiger partial charge >= 0.3 is 10.3 Å². The molecule has 0 amide bonds. The number of phenolic OH excluding ortho intramolecular Hbond substituents is 1. The Bertz CT molecular complexity index is 1270. The van der Waals surface area contributed by atoms with E-state index < -0.39 is 20.1 Å². The summed E-state index contributed by atoms with van der Waals surface area (Å²) in [6, 6.07) is 14.2. The van der Waals surface area contributed by atoms with Crippen molar-refractivity contribution in [3.8, 4) is 11.5 Å². The van der Waals surface area contributed by atoms with Crippen LogP contribution >= 0.6 is 0 Å². The summed E-state index contributed by atoms with van der Waals surface area (Å²) in [5, 5.41) is 15.0. The number of hydrogen-bond donors (Lipinski definition) is 2. The van der Waals surface area contributed by atoms with E-state index in [1.54, 1.807) is 24.3 Å². The second kappa shape index (κ2) is 17.5. The number of hydrogen-bond acceptors (Lipinski definition) is 6. The zero-order chi connectivity index (χ0) is 29.4. The van der Waals surface area contributed by atoms with Gasteiger partial charge in [0.15, 0.2) is 0 Å². The first-order chi connectivity index (χ1) is 19.0. The molecule has 0 aromatic heterocycles. The summed E-state index contributed by atoms with van der Waals surface area (Å²) < 4.78 is 51.5. The van der Waals surface area contributed by atoms with Crippen molar-refractivity contribution in [1.82, 2.24) is 0 Å². The van der Waals surface area contributed by atoms with Crippen LogP contribution in [0.3, 0.4) is 0 Å². The second-order valence-electron chi connectivity index (χ2n) is 10.4. The van der Waals surface area contributed by atoms with Crippen LogP contribution in [0, 0.1) is 0 Å². The Kier molecular flexibility index (Phi) is 14.8. The molecule has 40 heavy (non-hydrogen) atoms. The van der Waals surface area contributed by atoms with Crippen LogP contribution in [0.2, 0.25) is 0 Å². The minimum atomic E-state index is -4.09. The molecule has 2 aromatic carbocycles. The fourth-order valence-corrected chi connectivity index (χ4v) is 6.83. The third-order valence-corrected chi connectivity index (χ3v) is 9.26. The van der Waals surface area contributed by atoms with Crippen LogP contribution in [0.5, 0.6) is 11.5 Å². The van der Waals surface area contributed by atoms with Gasteiger partial charge in [0, 0.05) is 0 Å². The molecule has 0 spiro atoms. The van der Waals surface area contributed by atoms with E-state index in [2.05, 4.69) is 13.8 Å². The summed E-state index contributed by atoms with van der Waals surface area (Å²) in [4.78, 5) is 0. The molecule has 2 rings (SSSR count). The third-order valence-electron chi connectivity index (χ3n) is 7.02. The quantitative estimate of drug-likeness (QED) is 0.122. The molecule has 0 saturated carbocycles. The summed E-state index contributed by atoms with van der Waals surface area (Å²) in [7, 11) is -6.98. The molecule has 9 heteroatoms. The molecule has 7 nitrogen and oxygen atoms in total. The van der Waals surface area contributed by atoms with Crippen LogP contribution in [0.4, 0.5) is 0 Å². The van der Waals surface area contributed by atoms with Gasteiger partial charge in [-0.3, -0.25) is 0 Å². The van der Waals surface area contributed by atoms with E-state index in [9.17, 15) is 21.9 Å². The zero-order valence-electron chi connectivity index (χ0n) is 24.1. The minimum Gasteiger partial charge on any atom is -0.508 e. The van der Waals surface area contributed by atoms with Gasteiger partial charge in [-0.25, -0.2) is 8.42 Å². The summed E-state index contributed by atoms with van der Waals surface area (Å²) >= 11 is 0. The highest BCUT2D eigenvalue weighted by Crippen LogP contribution is 2.35. The Morgan fingerprint density at radius 2 is 1.30 bits per heavy atom. The van der Waals surface area contributed by atoms with E-state index >= 15 is 0 Å². The van der Waals surface area contributed by atoms with E-state index in [-0.39, 0.29) is 11.5 Å². The van der Waals surface area contributed by atoms with Crippen molar-refractivity contribution in [2.75, 3.05) is 11.5 Å². The number of nitrogens with two attached hydrogens (primary N) is 1. The summed E-state index contributed by atoms with van der Waals surface area (Å²) in [5.41, 5.74) is 4.25. The number of unbranched alkanes of at least 4 members (excludes halogenated alkanes) is 9. The number of allylic oxidation sites excluding steroid dienone is 2. The van der Waals surface area contributed by atoms with Crippen molar-refractivity contribution in [2.24, 2.45) is 5.14 Å². The highest BCUT2D eigenvalue weighted by atomic mass is 32.2. The predicted molar refractivity (Wildman–Crippen MR) is 165 cm³/mol. The first-order valence-electron chi connectivity index (χ1n) is 14.6. The lowest BCUT2D eigenvalue weighted by Gasteiger charge is -2.16. The van der Waals surface area contributed by atoms with Crippen molar-refractivity contribution in [1.29, 1.82) is 0 Å². The maximum Gasteiger partial charge on any atom is 0.380 e. The second-order valence-corrected chi connectivity index (χ2v) is 13.9. The van der Waals surface area contributed by atoms with Crippen molar-refractivity contribution >= 4 is 31.3 Å². The standard InChI is InChI=1S/C31H47NO6S2/c1-3-5-13-23-39(34,35)24-14-11-9-7-6-8-10-12-18-31(30(4-2)27-16-15-17-28(33)25-27)26-19-21-29(22-20-26)38-40(32,36)37/h15-17,19-22,25,33H,3-14,18,23-24H2,1-2H3,(H2,32,36,37)/b31-30+. The number of sulfone groups is 1. The van der Waals surface area contributed by atoms with Gasteiger partial charge in [-0.1, -0.05) is 89.5 Å². The Morgan fingerprint density at radius 3 is 1.85 bits per heavy atom. The molecule has 0 fully saturated rings. The number of phenols is 1. The Labute approximate surface area is 242 Å². The van der Waals surface area contributed by atoms with E-state index in [1.165, 1.54) is 0 Å². The molecular formula is C31H47NO6S2. The number of aromatic hydroxyl groups is 1. The maximum atomic E-state index is 12.1. The Morgan fingerprint density at radius 1 is 0.725 bits per heavy atom. The maximum absolute atomic E-state index is 12.1. The van der Waals surface area contributed by atoms with Gasteiger partial charge in [0.1, 0.15) is 21.3 Å². The molecule has 0 saturated heterocycles. The molecule has 0 aliphatic carbocycles. The molecule has 0 bridgehead atoms. The van der Waals surface area contributed by atoms with Crippen LogP contribution in [0.1, 0.15) is 108 Å². The SMILES string of the molecule is CCCCCS(=O)(=O)CCCCCCCCCC/C(=C(/CC)c1cccc(O)c1)c1ccc(OS(N)(=O)=O)cc1. The average molecular weight is 594 g/mol. The molecule has 0 heterocycles. The lowest BCUT2D eigenvalue weighted by Crippen LogP contribution is -2.18. The van der Waals surface area contributed by atoms with Gasteiger partial charge in [0.2, 0.25) is 0 Å². The fraction of sp³-hybridized carbons (Fsp3) is 0.548. The number of rotatable bonds is 20. The summed E-state index contributed by atoms with van der Waals surface area (Å²) in [6.07, 6.45) is 12.7. The van der Waals surface area contributed by atoms with Gasteiger partial charge in [-0.2, -0.15) is 13.6 Å². The zero-order valence-corrected chi connectivity index (χ0v) is 25.7. The molecular weight excluding hydrogens is 546 g/mol. The third kappa shape index (κ3) is 13.3. The summed E-state index contributed by atoms with van der Waals surface area (Å²) in [6.45, 7) is 4.17. The van der Waals surface area contributed by atoms with Crippen LogP contribution in [0.15, 0.2) is 48.5 Å². The molecule has 2 aromatic rings. The lowest BCUT2D eigenvalue weighted by atomic mass is 9.89. The molecule has 0 atom stereocenters. The average Bonchev–Trinajstić information content (AvgIpc) is 2.89. The highest BCUT2D eigenvalue weighted by Gasteiger charge is 2.13. The van der Waals surface area contributed by atoms with E-state index in [1.807, 2.05) is 24.3 Å². The van der Waals surface area contributed by atoms with Crippen LogP contribution in [0.25, 0.3) is 11.1 Å².